The number of hydrogen-bond acceptors (Lipinski definition) is 4. The first-order valence-electron chi connectivity index (χ1n) is 6.40. The number of rotatable bonds is 4. The van der Waals surface area contributed by atoms with Gasteiger partial charge >= 0.3 is 6.09 Å². The van der Waals surface area contributed by atoms with E-state index >= 15 is 0 Å². The Labute approximate surface area is 124 Å². The molecule has 0 aromatic heterocycles. The van der Waals surface area contributed by atoms with Crippen molar-refractivity contribution in [3.05, 3.63) is 28.8 Å². The van der Waals surface area contributed by atoms with Crippen molar-refractivity contribution in [3.8, 4) is 0 Å². The van der Waals surface area contributed by atoms with Gasteiger partial charge in [0.05, 0.1) is 6.10 Å². The van der Waals surface area contributed by atoms with Gasteiger partial charge in [-0.1, -0.05) is 17.7 Å². The minimum Gasteiger partial charge on any atom is -0.444 e. The lowest BCUT2D eigenvalue weighted by Crippen LogP contribution is -2.27. The molecular formula is C14H21ClN2O3. The molecule has 0 aliphatic carbocycles. The van der Waals surface area contributed by atoms with Crippen molar-refractivity contribution in [2.75, 3.05) is 11.9 Å². The second-order valence-electron chi connectivity index (χ2n) is 5.46. The molecule has 0 saturated heterocycles. The third kappa shape index (κ3) is 5.36. The second kappa shape index (κ2) is 6.92. The number of aliphatic hydroxyl groups is 1. The molecule has 0 unspecified atom stereocenters. The molecule has 6 heteroatoms. The Kier molecular flexibility index (Phi) is 5.80. The van der Waals surface area contributed by atoms with Crippen molar-refractivity contribution < 1.29 is 14.6 Å². The van der Waals surface area contributed by atoms with Crippen LogP contribution in [0.3, 0.4) is 0 Å². The van der Waals surface area contributed by atoms with Crippen LogP contribution in [0.2, 0.25) is 5.02 Å². The molecule has 1 amide bonds. The highest BCUT2D eigenvalue weighted by Crippen LogP contribution is 2.28. The Morgan fingerprint density at radius 1 is 1.50 bits per heavy atom. The third-order valence-electron chi connectivity index (χ3n) is 2.44. The van der Waals surface area contributed by atoms with Crippen molar-refractivity contribution in [1.82, 2.24) is 0 Å². The number of anilines is 1. The maximum Gasteiger partial charge on any atom is 0.412 e. The number of nitrogens with two attached hydrogens (primary N) is 1. The largest absolute Gasteiger partial charge is 0.444 e. The number of benzene rings is 1. The van der Waals surface area contributed by atoms with Crippen LogP contribution < -0.4 is 11.1 Å². The molecule has 1 rings (SSSR count). The topological polar surface area (TPSA) is 84.6 Å². The summed E-state index contributed by atoms with van der Waals surface area (Å²) >= 11 is 6.08. The summed E-state index contributed by atoms with van der Waals surface area (Å²) < 4.78 is 5.14. The second-order valence-corrected chi connectivity index (χ2v) is 5.86. The van der Waals surface area contributed by atoms with Gasteiger partial charge in [-0.15, -0.1) is 0 Å². The molecule has 0 radical (unpaired) electrons. The SMILES string of the molecule is CC(C)(C)OC(=O)Nc1ccc([C@H](O)CCN)c(Cl)c1. The zero-order valence-electron chi connectivity index (χ0n) is 11.9. The summed E-state index contributed by atoms with van der Waals surface area (Å²) in [5.41, 5.74) is 5.93. The monoisotopic (exact) mass is 300 g/mol. The van der Waals surface area contributed by atoms with Crippen molar-refractivity contribution in [2.24, 2.45) is 5.73 Å². The molecule has 0 saturated carbocycles. The van der Waals surface area contributed by atoms with E-state index in [4.69, 9.17) is 22.1 Å². The molecule has 1 aromatic carbocycles. The number of carbonyl (C=O) groups is 1. The van der Waals surface area contributed by atoms with Gasteiger partial charge in [-0.25, -0.2) is 4.79 Å². The maximum atomic E-state index is 11.6. The van der Waals surface area contributed by atoms with Crippen molar-refractivity contribution in [2.45, 2.75) is 38.9 Å². The Morgan fingerprint density at radius 2 is 2.15 bits per heavy atom. The van der Waals surface area contributed by atoms with Crippen LogP contribution in [0, 0.1) is 0 Å². The van der Waals surface area contributed by atoms with Gasteiger partial charge in [0, 0.05) is 10.7 Å². The van der Waals surface area contributed by atoms with Gasteiger partial charge in [0.25, 0.3) is 0 Å². The molecule has 5 nitrogen and oxygen atoms in total. The van der Waals surface area contributed by atoms with Crippen LogP contribution in [0.15, 0.2) is 18.2 Å². The minimum atomic E-state index is -0.705. The van der Waals surface area contributed by atoms with E-state index in [1.54, 1.807) is 39.0 Å². The average molecular weight is 301 g/mol. The number of nitrogens with one attached hydrogen (secondary N) is 1. The van der Waals surface area contributed by atoms with Gasteiger partial charge in [-0.3, -0.25) is 5.32 Å². The average Bonchev–Trinajstić information content (AvgIpc) is 2.26. The fraction of sp³-hybridized carbons (Fsp3) is 0.500. The quantitative estimate of drug-likeness (QED) is 0.798. The van der Waals surface area contributed by atoms with Crippen LogP contribution in [0.4, 0.5) is 10.5 Å². The predicted octanol–water partition coefficient (Wildman–Crippen LogP) is 3.07. The molecule has 20 heavy (non-hydrogen) atoms. The molecule has 0 aliphatic heterocycles. The first-order chi connectivity index (χ1) is 9.23. The smallest absolute Gasteiger partial charge is 0.412 e. The molecule has 1 aromatic rings. The summed E-state index contributed by atoms with van der Waals surface area (Å²) in [4.78, 5) is 11.6. The van der Waals surface area contributed by atoms with Gasteiger partial charge in [0.1, 0.15) is 5.60 Å². The normalized spacial score (nSPS) is 12.9. The molecule has 0 fully saturated rings. The Hall–Kier alpha value is -1.30. The van der Waals surface area contributed by atoms with Crippen LogP contribution in [0.5, 0.6) is 0 Å². The lowest BCUT2D eigenvalue weighted by molar-refractivity contribution is 0.0636. The number of hydrogen-bond donors (Lipinski definition) is 3. The first-order valence-corrected chi connectivity index (χ1v) is 6.78. The van der Waals surface area contributed by atoms with Crippen molar-refractivity contribution in [1.29, 1.82) is 0 Å². The third-order valence-corrected chi connectivity index (χ3v) is 2.77. The Morgan fingerprint density at radius 3 is 2.65 bits per heavy atom. The van der Waals surface area contributed by atoms with E-state index < -0.39 is 17.8 Å². The Bertz CT molecular complexity index is 472. The highest BCUT2D eigenvalue weighted by atomic mass is 35.5. The fourth-order valence-corrected chi connectivity index (χ4v) is 1.92. The van der Waals surface area contributed by atoms with Gasteiger partial charge in [0.2, 0.25) is 0 Å². The molecule has 1 atom stereocenters. The van der Waals surface area contributed by atoms with E-state index in [-0.39, 0.29) is 0 Å². The number of halogens is 1. The molecule has 0 spiro atoms. The highest BCUT2D eigenvalue weighted by molar-refractivity contribution is 6.31. The predicted molar refractivity (Wildman–Crippen MR) is 79.9 cm³/mol. The number of carbonyl (C=O) groups excluding carboxylic acids is 1. The van der Waals surface area contributed by atoms with Crippen LogP contribution >= 0.6 is 11.6 Å². The van der Waals surface area contributed by atoms with Gasteiger partial charge in [-0.05, 0) is 51.4 Å². The summed E-state index contributed by atoms with van der Waals surface area (Å²) in [5, 5.41) is 12.8. The highest BCUT2D eigenvalue weighted by Gasteiger charge is 2.17. The van der Waals surface area contributed by atoms with Gasteiger partial charge in [-0.2, -0.15) is 0 Å². The zero-order valence-corrected chi connectivity index (χ0v) is 12.7. The molecule has 0 bridgehead atoms. The van der Waals surface area contributed by atoms with E-state index in [2.05, 4.69) is 5.32 Å². The number of ether oxygens (including phenoxy) is 1. The van der Waals surface area contributed by atoms with Crippen LogP contribution in [0.25, 0.3) is 0 Å². The van der Waals surface area contributed by atoms with Crippen LogP contribution in [-0.2, 0) is 4.74 Å². The molecule has 4 N–H and O–H groups in total. The van der Waals surface area contributed by atoms with E-state index in [9.17, 15) is 9.90 Å². The lowest BCUT2D eigenvalue weighted by Gasteiger charge is -2.20. The summed E-state index contributed by atoms with van der Waals surface area (Å²) in [7, 11) is 0. The summed E-state index contributed by atoms with van der Waals surface area (Å²) in [6, 6.07) is 4.89. The number of aliphatic hydroxyl groups excluding tert-OH is 1. The maximum absolute atomic E-state index is 11.6. The molecular weight excluding hydrogens is 280 g/mol. The van der Waals surface area contributed by atoms with E-state index in [1.807, 2.05) is 0 Å². The fourth-order valence-electron chi connectivity index (χ4n) is 1.61. The van der Waals surface area contributed by atoms with Crippen LogP contribution in [0.1, 0.15) is 38.9 Å². The number of amides is 1. The standard InChI is InChI=1S/C14H21ClN2O3/c1-14(2,3)20-13(19)17-9-4-5-10(11(15)8-9)12(18)6-7-16/h4-5,8,12,18H,6-7,16H2,1-3H3,(H,17,19)/t12-/m1/s1. The van der Waals surface area contributed by atoms with Crippen LogP contribution in [-0.4, -0.2) is 23.3 Å². The minimum absolute atomic E-state index is 0.370. The summed E-state index contributed by atoms with van der Waals surface area (Å²) in [6.07, 6.45) is -0.828. The zero-order chi connectivity index (χ0) is 15.3. The molecule has 112 valence electrons. The van der Waals surface area contributed by atoms with Crippen molar-refractivity contribution >= 4 is 23.4 Å². The molecule has 0 aliphatic rings. The summed E-state index contributed by atoms with van der Waals surface area (Å²) in [6.45, 7) is 5.72. The van der Waals surface area contributed by atoms with Gasteiger partial charge in [0.15, 0.2) is 0 Å². The van der Waals surface area contributed by atoms with Gasteiger partial charge < -0.3 is 15.6 Å². The van der Waals surface area contributed by atoms with E-state index in [0.29, 0.717) is 29.2 Å². The first kappa shape index (κ1) is 16.8. The van der Waals surface area contributed by atoms with E-state index in [1.165, 1.54) is 0 Å². The van der Waals surface area contributed by atoms with E-state index in [0.717, 1.165) is 0 Å². The Balaban J connectivity index is 2.75. The van der Waals surface area contributed by atoms with Crippen molar-refractivity contribution in [3.63, 3.8) is 0 Å². The molecule has 0 heterocycles. The summed E-state index contributed by atoms with van der Waals surface area (Å²) in [5.74, 6) is 0. The lowest BCUT2D eigenvalue weighted by atomic mass is 10.1.